The fourth-order valence-corrected chi connectivity index (χ4v) is 1.40. The van der Waals surface area contributed by atoms with E-state index in [0.717, 1.165) is 5.56 Å². The molecular weight excluding hydrogens is 195 g/mol. The van der Waals surface area contributed by atoms with E-state index in [4.69, 9.17) is 28.3 Å². The lowest BCUT2D eigenvalue weighted by Gasteiger charge is -2.10. The zero-order valence-electron chi connectivity index (χ0n) is 6.43. The average molecular weight is 204 g/mol. The molecular formula is C9H9Cl2O. The minimum atomic E-state index is -0.212. The SMILES string of the molecule is [CH2]C(CO)c1cccc(Cl)c1Cl. The second kappa shape index (κ2) is 4.13. The maximum atomic E-state index is 8.84. The molecule has 0 saturated heterocycles. The average Bonchev–Trinajstić information content (AvgIpc) is 2.08. The molecule has 0 saturated carbocycles. The molecule has 0 aliphatic carbocycles. The van der Waals surface area contributed by atoms with Crippen LogP contribution in [0.1, 0.15) is 11.5 Å². The highest BCUT2D eigenvalue weighted by atomic mass is 35.5. The van der Waals surface area contributed by atoms with Crippen molar-refractivity contribution in [2.24, 2.45) is 0 Å². The second-order valence-corrected chi connectivity index (χ2v) is 3.31. The van der Waals surface area contributed by atoms with Crippen molar-refractivity contribution in [3.63, 3.8) is 0 Å². The predicted octanol–water partition coefficient (Wildman–Crippen LogP) is 2.90. The van der Waals surface area contributed by atoms with E-state index in [1.807, 2.05) is 6.07 Å². The lowest BCUT2D eigenvalue weighted by atomic mass is 10.0. The van der Waals surface area contributed by atoms with Crippen LogP contribution in [0.3, 0.4) is 0 Å². The van der Waals surface area contributed by atoms with Gasteiger partial charge in [0.1, 0.15) is 0 Å². The summed E-state index contributed by atoms with van der Waals surface area (Å²) < 4.78 is 0. The zero-order chi connectivity index (χ0) is 9.14. The Morgan fingerprint density at radius 3 is 2.67 bits per heavy atom. The number of rotatable bonds is 2. The third-order valence-corrected chi connectivity index (χ3v) is 2.48. The van der Waals surface area contributed by atoms with Crippen LogP contribution in [0, 0.1) is 6.92 Å². The van der Waals surface area contributed by atoms with Crippen LogP contribution in [0.5, 0.6) is 0 Å². The van der Waals surface area contributed by atoms with E-state index in [1.165, 1.54) is 0 Å². The van der Waals surface area contributed by atoms with Gasteiger partial charge in [0, 0.05) is 12.5 Å². The zero-order valence-corrected chi connectivity index (χ0v) is 7.94. The van der Waals surface area contributed by atoms with Crippen LogP contribution in [-0.4, -0.2) is 11.7 Å². The third-order valence-electron chi connectivity index (χ3n) is 1.64. The van der Waals surface area contributed by atoms with Crippen molar-refractivity contribution < 1.29 is 5.11 Å². The fraction of sp³-hybridized carbons (Fsp3) is 0.222. The lowest BCUT2D eigenvalue weighted by molar-refractivity contribution is 0.282. The number of aliphatic hydroxyl groups excluding tert-OH is 1. The largest absolute Gasteiger partial charge is 0.396 e. The van der Waals surface area contributed by atoms with Gasteiger partial charge in [0.05, 0.1) is 10.0 Å². The normalized spacial score (nSPS) is 13.0. The Kier molecular flexibility index (Phi) is 3.39. The van der Waals surface area contributed by atoms with Gasteiger partial charge in [0.25, 0.3) is 0 Å². The first-order valence-electron chi connectivity index (χ1n) is 3.54. The van der Waals surface area contributed by atoms with Gasteiger partial charge >= 0.3 is 0 Å². The molecule has 0 heterocycles. The Bertz CT molecular complexity index is 273. The maximum Gasteiger partial charge on any atom is 0.0627 e. The molecule has 0 bridgehead atoms. The first-order valence-corrected chi connectivity index (χ1v) is 4.30. The number of benzene rings is 1. The van der Waals surface area contributed by atoms with Crippen molar-refractivity contribution in [1.82, 2.24) is 0 Å². The molecule has 0 aromatic heterocycles. The highest BCUT2D eigenvalue weighted by Crippen LogP contribution is 2.30. The minimum absolute atomic E-state index is 0.0277. The van der Waals surface area contributed by atoms with Gasteiger partial charge in [-0.25, -0.2) is 0 Å². The molecule has 0 amide bonds. The van der Waals surface area contributed by atoms with Crippen molar-refractivity contribution in [3.8, 4) is 0 Å². The molecule has 1 radical (unpaired) electrons. The van der Waals surface area contributed by atoms with E-state index in [-0.39, 0.29) is 12.5 Å². The summed E-state index contributed by atoms with van der Waals surface area (Å²) >= 11 is 11.7. The Balaban J connectivity index is 3.07. The second-order valence-electron chi connectivity index (χ2n) is 2.52. The molecule has 1 atom stereocenters. The summed E-state index contributed by atoms with van der Waals surface area (Å²) in [4.78, 5) is 0. The molecule has 1 rings (SSSR count). The lowest BCUT2D eigenvalue weighted by Crippen LogP contribution is -1.99. The maximum absolute atomic E-state index is 8.84. The van der Waals surface area contributed by atoms with Gasteiger partial charge in [-0.3, -0.25) is 0 Å². The molecule has 65 valence electrons. The monoisotopic (exact) mass is 203 g/mol. The predicted molar refractivity (Wildman–Crippen MR) is 51.6 cm³/mol. The molecule has 1 unspecified atom stereocenters. The van der Waals surface area contributed by atoms with Crippen LogP contribution in [0.15, 0.2) is 18.2 Å². The van der Waals surface area contributed by atoms with E-state index in [2.05, 4.69) is 6.92 Å². The molecule has 0 fully saturated rings. The summed E-state index contributed by atoms with van der Waals surface area (Å²) in [5.74, 6) is -0.212. The van der Waals surface area contributed by atoms with Crippen LogP contribution >= 0.6 is 23.2 Å². The Labute approximate surface area is 81.9 Å². The Morgan fingerprint density at radius 1 is 1.42 bits per heavy atom. The van der Waals surface area contributed by atoms with Crippen LogP contribution in [-0.2, 0) is 0 Å². The van der Waals surface area contributed by atoms with E-state index in [9.17, 15) is 0 Å². The first kappa shape index (κ1) is 9.85. The summed E-state index contributed by atoms with van der Waals surface area (Å²) in [7, 11) is 0. The minimum Gasteiger partial charge on any atom is -0.396 e. The smallest absolute Gasteiger partial charge is 0.0627 e. The van der Waals surface area contributed by atoms with Gasteiger partial charge in [-0.1, -0.05) is 35.3 Å². The molecule has 12 heavy (non-hydrogen) atoms. The summed E-state index contributed by atoms with van der Waals surface area (Å²) in [5.41, 5.74) is 0.784. The molecule has 1 nitrogen and oxygen atoms in total. The number of halogens is 2. The third kappa shape index (κ3) is 1.92. The van der Waals surface area contributed by atoms with Crippen LogP contribution in [0.2, 0.25) is 10.0 Å². The van der Waals surface area contributed by atoms with Gasteiger partial charge in [-0.15, -0.1) is 0 Å². The van der Waals surface area contributed by atoms with Crippen LogP contribution in [0.25, 0.3) is 0 Å². The summed E-state index contributed by atoms with van der Waals surface area (Å²) in [6, 6.07) is 5.30. The topological polar surface area (TPSA) is 20.2 Å². The molecule has 0 aliphatic rings. The Morgan fingerprint density at radius 2 is 2.08 bits per heavy atom. The highest BCUT2D eigenvalue weighted by molar-refractivity contribution is 6.42. The van der Waals surface area contributed by atoms with E-state index in [0.29, 0.717) is 10.0 Å². The Hall–Kier alpha value is -0.240. The van der Waals surface area contributed by atoms with Gasteiger partial charge in [-0.2, -0.15) is 0 Å². The first-order chi connectivity index (χ1) is 5.66. The number of hydrogen-bond donors (Lipinski definition) is 1. The van der Waals surface area contributed by atoms with Gasteiger partial charge in [0.15, 0.2) is 0 Å². The molecule has 1 N–H and O–H groups in total. The van der Waals surface area contributed by atoms with E-state index in [1.54, 1.807) is 12.1 Å². The van der Waals surface area contributed by atoms with Crippen molar-refractivity contribution in [3.05, 3.63) is 40.7 Å². The molecule has 0 spiro atoms. The molecule has 1 aromatic rings. The standard InChI is InChI=1S/C9H9Cl2O/c1-6(5-12)7-3-2-4-8(10)9(7)11/h2-4,6,12H,1,5H2. The van der Waals surface area contributed by atoms with Crippen molar-refractivity contribution >= 4 is 23.2 Å². The number of hydrogen-bond acceptors (Lipinski definition) is 1. The quantitative estimate of drug-likeness (QED) is 0.785. The highest BCUT2D eigenvalue weighted by Gasteiger charge is 2.10. The van der Waals surface area contributed by atoms with Crippen LogP contribution < -0.4 is 0 Å². The van der Waals surface area contributed by atoms with Gasteiger partial charge < -0.3 is 5.11 Å². The van der Waals surface area contributed by atoms with Crippen molar-refractivity contribution in [2.45, 2.75) is 5.92 Å². The van der Waals surface area contributed by atoms with Crippen LogP contribution in [0.4, 0.5) is 0 Å². The molecule has 3 heteroatoms. The number of aliphatic hydroxyl groups is 1. The van der Waals surface area contributed by atoms with Crippen molar-refractivity contribution in [1.29, 1.82) is 0 Å². The summed E-state index contributed by atoms with van der Waals surface area (Å²) in [6.45, 7) is 3.71. The van der Waals surface area contributed by atoms with Gasteiger partial charge in [0.2, 0.25) is 0 Å². The van der Waals surface area contributed by atoms with E-state index < -0.39 is 0 Å². The van der Waals surface area contributed by atoms with E-state index >= 15 is 0 Å². The van der Waals surface area contributed by atoms with Crippen molar-refractivity contribution in [2.75, 3.05) is 6.61 Å². The molecule has 0 aliphatic heterocycles. The summed E-state index contributed by atoms with van der Waals surface area (Å²) in [5, 5.41) is 9.82. The fourth-order valence-electron chi connectivity index (χ4n) is 0.934. The molecule has 1 aromatic carbocycles. The van der Waals surface area contributed by atoms with Gasteiger partial charge in [-0.05, 0) is 18.6 Å². The summed E-state index contributed by atoms with van der Waals surface area (Å²) in [6.07, 6.45) is 0.